The van der Waals surface area contributed by atoms with E-state index in [0.29, 0.717) is 18.8 Å². The van der Waals surface area contributed by atoms with Crippen LogP contribution in [0.15, 0.2) is 28.7 Å². The van der Waals surface area contributed by atoms with Gasteiger partial charge in [-0.2, -0.15) is 0 Å². The number of carbonyl (C=O) groups excluding carboxylic acids is 2. The average Bonchev–Trinajstić information content (AvgIpc) is 2.51. The van der Waals surface area contributed by atoms with E-state index in [2.05, 4.69) is 26.1 Å². The monoisotopic (exact) mass is 381 g/mol. The SMILES string of the molecule is NC(=O)CCC1CCCN(CCC(=O)Nc2cccc(Br)c2)C1. The number of carbonyl (C=O) groups is 2. The number of benzene rings is 1. The van der Waals surface area contributed by atoms with Gasteiger partial charge in [0.15, 0.2) is 0 Å². The van der Waals surface area contributed by atoms with Crippen molar-refractivity contribution < 1.29 is 9.59 Å². The van der Waals surface area contributed by atoms with E-state index in [1.165, 1.54) is 0 Å². The second-order valence-electron chi connectivity index (χ2n) is 6.12. The van der Waals surface area contributed by atoms with Crippen LogP contribution in [0.5, 0.6) is 0 Å². The Kier molecular flexibility index (Phi) is 7.05. The molecule has 23 heavy (non-hydrogen) atoms. The van der Waals surface area contributed by atoms with Gasteiger partial charge in [-0.15, -0.1) is 0 Å². The Morgan fingerprint density at radius 3 is 2.91 bits per heavy atom. The molecule has 1 heterocycles. The number of primary amides is 1. The fraction of sp³-hybridized carbons (Fsp3) is 0.529. The van der Waals surface area contributed by atoms with E-state index in [-0.39, 0.29) is 11.8 Å². The first kappa shape index (κ1) is 17.9. The highest BCUT2D eigenvalue weighted by molar-refractivity contribution is 9.10. The first-order valence-corrected chi connectivity index (χ1v) is 8.88. The Balaban J connectivity index is 1.72. The van der Waals surface area contributed by atoms with Crippen LogP contribution < -0.4 is 11.1 Å². The molecule has 0 radical (unpaired) electrons. The van der Waals surface area contributed by atoms with Crippen molar-refractivity contribution in [2.24, 2.45) is 11.7 Å². The average molecular weight is 382 g/mol. The molecule has 1 saturated heterocycles. The molecule has 1 fully saturated rings. The lowest BCUT2D eigenvalue weighted by Crippen LogP contribution is -2.37. The van der Waals surface area contributed by atoms with Crippen LogP contribution in [0, 0.1) is 5.92 Å². The van der Waals surface area contributed by atoms with Crippen molar-refractivity contribution in [3.8, 4) is 0 Å². The topological polar surface area (TPSA) is 75.4 Å². The number of nitrogens with two attached hydrogens (primary N) is 1. The lowest BCUT2D eigenvalue weighted by Gasteiger charge is -2.32. The molecule has 0 saturated carbocycles. The van der Waals surface area contributed by atoms with E-state index in [0.717, 1.165) is 49.1 Å². The maximum Gasteiger partial charge on any atom is 0.225 e. The fourth-order valence-electron chi connectivity index (χ4n) is 2.99. The highest BCUT2D eigenvalue weighted by Gasteiger charge is 2.20. The van der Waals surface area contributed by atoms with Crippen LogP contribution in [-0.2, 0) is 9.59 Å². The van der Waals surface area contributed by atoms with Gasteiger partial charge in [0.05, 0.1) is 0 Å². The lowest BCUT2D eigenvalue weighted by atomic mass is 9.93. The van der Waals surface area contributed by atoms with Gasteiger partial charge in [0.2, 0.25) is 11.8 Å². The van der Waals surface area contributed by atoms with Crippen molar-refractivity contribution in [3.63, 3.8) is 0 Å². The van der Waals surface area contributed by atoms with E-state index in [1.807, 2.05) is 24.3 Å². The standard InChI is InChI=1S/C17H24BrN3O2/c18-14-4-1-5-15(11-14)20-17(23)8-10-21-9-2-3-13(12-21)6-7-16(19)22/h1,4-5,11,13H,2-3,6-10,12H2,(H2,19,22)(H,20,23). The van der Waals surface area contributed by atoms with Gasteiger partial charge in [-0.25, -0.2) is 0 Å². The first-order chi connectivity index (χ1) is 11.0. The van der Waals surface area contributed by atoms with E-state index < -0.39 is 0 Å². The number of rotatable bonds is 7. The van der Waals surface area contributed by atoms with Crippen LogP contribution in [0.3, 0.4) is 0 Å². The molecule has 0 spiro atoms. The van der Waals surface area contributed by atoms with Crippen molar-refractivity contribution >= 4 is 33.4 Å². The number of nitrogens with one attached hydrogen (secondary N) is 1. The predicted molar refractivity (Wildman–Crippen MR) is 95.0 cm³/mol. The molecule has 2 rings (SSSR count). The summed E-state index contributed by atoms with van der Waals surface area (Å²) in [6.07, 6.45) is 4.07. The van der Waals surface area contributed by atoms with Gasteiger partial charge < -0.3 is 16.0 Å². The zero-order valence-electron chi connectivity index (χ0n) is 13.3. The summed E-state index contributed by atoms with van der Waals surface area (Å²) in [6, 6.07) is 7.59. The van der Waals surface area contributed by atoms with E-state index >= 15 is 0 Å². The van der Waals surface area contributed by atoms with Crippen LogP contribution >= 0.6 is 15.9 Å². The molecule has 1 unspecified atom stereocenters. The van der Waals surface area contributed by atoms with Gasteiger partial charge in [0.1, 0.15) is 0 Å². The van der Waals surface area contributed by atoms with E-state index in [9.17, 15) is 9.59 Å². The zero-order valence-corrected chi connectivity index (χ0v) is 14.8. The molecule has 1 aliphatic heterocycles. The summed E-state index contributed by atoms with van der Waals surface area (Å²) in [7, 11) is 0. The number of anilines is 1. The van der Waals surface area contributed by atoms with Gasteiger partial charge in [-0.05, 0) is 49.9 Å². The number of nitrogens with zero attached hydrogens (tertiary/aromatic N) is 1. The number of piperidine rings is 1. The third-order valence-electron chi connectivity index (χ3n) is 4.17. The molecule has 1 aromatic carbocycles. The summed E-state index contributed by atoms with van der Waals surface area (Å²) in [5, 5.41) is 2.92. The largest absolute Gasteiger partial charge is 0.370 e. The number of likely N-dealkylation sites (tertiary alicyclic amines) is 1. The van der Waals surface area contributed by atoms with Gasteiger partial charge >= 0.3 is 0 Å². The van der Waals surface area contributed by atoms with E-state index in [1.54, 1.807) is 0 Å². The molecular weight excluding hydrogens is 358 g/mol. The summed E-state index contributed by atoms with van der Waals surface area (Å²) in [5.74, 6) is 0.322. The van der Waals surface area contributed by atoms with Crippen molar-refractivity contribution in [2.45, 2.75) is 32.1 Å². The Morgan fingerprint density at radius 2 is 2.17 bits per heavy atom. The molecule has 1 aromatic rings. The minimum Gasteiger partial charge on any atom is -0.370 e. The van der Waals surface area contributed by atoms with Crippen LogP contribution in [0.2, 0.25) is 0 Å². The van der Waals surface area contributed by atoms with Crippen LogP contribution in [0.4, 0.5) is 5.69 Å². The number of hydrogen-bond acceptors (Lipinski definition) is 3. The molecule has 6 heteroatoms. The summed E-state index contributed by atoms with van der Waals surface area (Å²) in [6.45, 7) is 2.74. The number of halogens is 1. The summed E-state index contributed by atoms with van der Waals surface area (Å²) < 4.78 is 0.948. The fourth-order valence-corrected chi connectivity index (χ4v) is 3.39. The van der Waals surface area contributed by atoms with Gasteiger partial charge in [0, 0.05) is 36.1 Å². The Morgan fingerprint density at radius 1 is 1.35 bits per heavy atom. The second-order valence-corrected chi connectivity index (χ2v) is 7.04. The van der Waals surface area contributed by atoms with Gasteiger partial charge in [-0.1, -0.05) is 22.0 Å². The van der Waals surface area contributed by atoms with Gasteiger partial charge in [-0.3, -0.25) is 9.59 Å². The smallest absolute Gasteiger partial charge is 0.225 e. The third kappa shape index (κ3) is 6.71. The highest BCUT2D eigenvalue weighted by atomic mass is 79.9. The third-order valence-corrected chi connectivity index (χ3v) is 4.66. The minimum absolute atomic E-state index is 0.0300. The minimum atomic E-state index is -0.226. The van der Waals surface area contributed by atoms with E-state index in [4.69, 9.17) is 5.73 Å². The van der Waals surface area contributed by atoms with Gasteiger partial charge in [0.25, 0.3) is 0 Å². The molecule has 5 nitrogen and oxygen atoms in total. The van der Waals surface area contributed by atoms with Crippen LogP contribution in [0.1, 0.15) is 32.1 Å². The normalized spacial score (nSPS) is 18.6. The molecule has 2 amide bonds. The molecular formula is C17H24BrN3O2. The van der Waals surface area contributed by atoms with Crippen molar-refractivity contribution in [1.29, 1.82) is 0 Å². The Hall–Kier alpha value is -1.40. The van der Waals surface area contributed by atoms with Crippen LogP contribution in [0.25, 0.3) is 0 Å². The maximum absolute atomic E-state index is 12.0. The van der Waals surface area contributed by atoms with Crippen LogP contribution in [-0.4, -0.2) is 36.3 Å². The molecule has 0 aliphatic carbocycles. The second kappa shape index (κ2) is 9.03. The highest BCUT2D eigenvalue weighted by Crippen LogP contribution is 2.21. The molecule has 1 atom stereocenters. The summed E-state index contributed by atoms with van der Waals surface area (Å²) in [4.78, 5) is 25.3. The van der Waals surface area contributed by atoms with Crippen molar-refractivity contribution in [2.75, 3.05) is 25.0 Å². The summed E-state index contributed by atoms with van der Waals surface area (Å²) in [5.41, 5.74) is 6.03. The Bertz CT molecular complexity index is 550. The molecule has 0 aromatic heterocycles. The molecule has 126 valence electrons. The number of hydrogen-bond donors (Lipinski definition) is 2. The van der Waals surface area contributed by atoms with Crippen molar-refractivity contribution in [3.05, 3.63) is 28.7 Å². The first-order valence-electron chi connectivity index (χ1n) is 8.09. The van der Waals surface area contributed by atoms with Crippen molar-refractivity contribution in [1.82, 2.24) is 4.90 Å². The zero-order chi connectivity index (χ0) is 16.7. The molecule has 1 aliphatic rings. The summed E-state index contributed by atoms with van der Waals surface area (Å²) >= 11 is 3.39. The Labute approximate surface area is 145 Å². The maximum atomic E-state index is 12.0. The molecule has 0 bridgehead atoms. The predicted octanol–water partition coefficient (Wildman–Crippen LogP) is 2.76. The number of amides is 2. The lowest BCUT2D eigenvalue weighted by molar-refractivity contribution is -0.118. The quantitative estimate of drug-likeness (QED) is 0.762. The molecule has 3 N–H and O–H groups in total.